The van der Waals surface area contributed by atoms with Crippen LogP contribution < -0.4 is 10.6 Å². The lowest BCUT2D eigenvalue weighted by Gasteiger charge is -2.29. The number of carbonyl (C=O) groups excluding carboxylic acids is 3. The maximum absolute atomic E-state index is 13.1. The van der Waals surface area contributed by atoms with Crippen LogP contribution in [-0.4, -0.2) is 53.8 Å². The number of nitrogens with one attached hydrogen (secondary N) is 1. The van der Waals surface area contributed by atoms with Crippen molar-refractivity contribution in [3.8, 4) is 0 Å². The topological polar surface area (TPSA) is 78.8 Å². The summed E-state index contributed by atoms with van der Waals surface area (Å²) in [7, 11) is 6.86. The van der Waals surface area contributed by atoms with Crippen molar-refractivity contribution in [3.05, 3.63) is 70.8 Å². The Morgan fingerprint density at radius 3 is 2.37 bits per heavy atom. The highest BCUT2D eigenvalue weighted by molar-refractivity contribution is 7.28. The highest BCUT2D eigenvalue weighted by Gasteiger charge is 2.40. The number of piperidine rings is 1. The van der Waals surface area contributed by atoms with Crippen molar-refractivity contribution in [2.45, 2.75) is 52.4 Å². The van der Waals surface area contributed by atoms with E-state index in [2.05, 4.69) is 60.8 Å². The molecule has 2 heterocycles. The number of halogens is 1. The fraction of sp³-hybridized carbons (Fsp3) is 0.379. The van der Waals surface area contributed by atoms with E-state index in [1.807, 2.05) is 30.3 Å². The van der Waals surface area contributed by atoms with Crippen LogP contribution in [0.15, 0.2) is 53.5 Å². The molecule has 2 aliphatic heterocycles. The SMILES string of the molecule is CC(F)CP.CN=C(/C=C(/c1ccccc1)C(C)C)c1ccc2c(c1P)CN(C1CCC(=O)NC1=O)C2=O. The van der Waals surface area contributed by atoms with E-state index in [4.69, 9.17) is 0 Å². The molecule has 0 bridgehead atoms. The molecule has 0 aliphatic carbocycles. The third kappa shape index (κ3) is 6.81. The van der Waals surface area contributed by atoms with Gasteiger partial charge in [-0.1, -0.05) is 50.2 Å². The third-order valence-electron chi connectivity index (χ3n) is 6.63. The number of imide groups is 1. The van der Waals surface area contributed by atoms with E-state index in [0.29, 0.717) is 30.6 Å². The van der Waals surface area contributed by atoms with Crippen molar-refractivity contribution in [1.29, 1.82) is 0 Å². The molecule has 6 nitrogen and oxygen atoms in total. The number of hydrogen-bond donors (Lipinski definition) is 1. The first-order valence-electron chi connectivity index (χ1n) is 12.7. The van der Waals surface area contributed by atoms with E-state index < -0.39 is 18.1 Å². The second-order valence-corrected chi connectivity index (χ2v) is 10.7. The van der Waals surface area contributed by atoms with Gasteiger partial charge in [0, 0.05) is 31.1 Å². The molecule has 4 unspecified atom stereocenters. The lowest BCUT2D eigenvalue weighted by Crippen LogP contribution is -2.52. The Labute approximate surface area is 229 Å². The molecule has 2 aromatic rings. The molecule has 38 heavy (non-hydrogen) atoms. The summed E-state index contributed by atoms with van der Waals surface area (Å²) in [6.45, 7) is 6.19. The highest BCUT2D eigenvalue weighted by Crippen LogP contribution is 2.29. The molecule has 0 radical (unpaired) electrons. The first kappa shape index (κ1) is 29.8. The van der Waals surface area contributed by atoms with Crippen molar-refractivity contribution >= 4 is 52.8 Å². The molecular formula is C29H36FN3O3P2. The largest absolute Gasteiger partial charge is 0.322 e. The Balaban J connectivity index is 0.000000732. The number of benzene rings is 2. The van der Waals surface area contributed by atoms with Crippen LogP contribution in [0.3, 0.4) is 0 Å². The zero-order valence-electron chi connectivity index (χ0n) is 22.3. The lowest BCUT2D eigenvalue weighted by molar-refractivity contribution is -0.136. The highest BCUT2D eigenvalue weighted by atomic mass is 31.0. The second-order valence-electron chi connectivity index (χ2n) is 9.70. The van der Waals surface area contributed by atoms with Gasteiger partial charge in [-0.3, -0.25) is 24.7 Å². The molecule has 0 spiro atoms. The smallest absolute Gasteiger partial charge is 0.255 e. The average molecular weight is 556 g/mol. The molecule has 0 aromatic heterocycles. The molecule has 4 atom stereocenters. The van der Waals surface area contributed by atoms with Crippen molar-refractivity contribution in [2.75, 3.05) is 13.2 Å². The molecule has 1 saturated heterocycles. The van der Waals surface area contributed by atoms with Gasteiger partial charge in [-0.2, -0.15) is 0 Å². The Morgan fingerprint density at radius 1 is 1.16 bits per heavy atom. The Hall–Kier alpha value is -2.75. The summed E-state index contributed by atoms with van der Waals surface area (Å²) < 4.78 is 11.4. The number of carbonyl (C=O) groups is 3. The van der Waals surface area contributed by atoms with Gasteiger partial charge in [-0.05, 0) is 59.6 Å². The normalized spacial score (nSPS) is 18.7. The molecule has 0 saturated carbocycles. The van der Waals surface area contributed by atoms with Gasteiger partial charge in [-0.15, -0.1) is 18.5 Å². The van der Waals surface area contributed by atoms with Crippen LogP contribution in [-0.2, 0) is 16.1 Å². The zero-order chi connectivity index (χ0) is 28.0. The van der Waals surface area contributed by atoms with Crippen LogP contribution in [0.25, 0.3) is 5.57 Å². The minimum Gasteiger partial charge on any atom is -0.322 e. The predicted molar refractivity (Wildman–Crippen MR) is 159 cm³/mol. The van der Waals surface area contributed by atoms with Crippen molar-refractivity contribution in [2.24, 2.45) is 10.9 Å². The summed E-state index contributed by atoms with van der Waals surface area (Å²) in [5.74, 6) is -0.561. The summed E-state index contributed by atoms with van der Waals surface area (Å²) in [4.78, 5) is 43.1. The van der Waals surface area contributed by atoms with E-state index in [0.717, 1.165) is 27.7 Å². The van der Waals surface area contributed by atoms with E-state index in [-0.39, 0.29) is 18.2 Å². The fourth-order valence-electron chi connectivity index (χ4n) is 4.51. The third-order valence-corrected chi connectivity index (χ3v) is 7.94. The van der Waals surface area contributed by atoms with Crippen LogP contribution >= 0.6 is 18.5 Å². The Kier molecular flexibility index (Phi) is 10.5. The first-order chi connectivity index (χ1) is 18.1. The standard InChI is InChI=1S/C26H28N3O3P.C3H8FP/c1-15(2)19(16-7-5-4-6-8-16)13-21(27-3)18-10-9-17-20(24(18)33)14-29(26(17)32)22-11-12-23(30)28-25(22)31;1-3(4)2-5/h4-10,13,15,22H,11-12,14,33H2,1-3H3,(H,28,30,31);3H,2,5H2,1H3/b19-13+,27-21?;. The van der Waals surface area contributed by atoms with Crippen LogP contribution in [0, 0.1) is 5.92 Å². The predicted octanol–water partition coefficient (Wildman–Crippen LogP) is 4.33. The molecule has 2 aliphatic rings. The maximum Gasteiger partial charge on any atom is 0.255 e. The van der Waals surface area contributed by atoms with Crippen LogP contribution in [0.1, 0.15) is 60.7 Å². The van der Waals surface area contributed by atoms with E-state index in [9.17, 15) is 18.8 Å². The van der Waals surface area contributed by atoms with Gasteiger partial charge in [0.1, 0.15) is 12.2 Å². The monoisotopic (exact) mass is 555 g/mol. The van der Waals surface area contributed by atoms with E-state index in [1.54, 1.807) is 11.9 Å². The second kappa shape index (κ2) is 13.4. The van der Waals surface area contributed by atoms with Gasteiger partial charge >= 0.3 is 0 Å². The molecule has 3 amide bonds. The number of alkyl halides is 1. The Bertz CT molecular complexity index is 1260. The molecule has 1 N–H and O–H groups in total. The van der Waals surface area contributed by atoms with Crippen LogP contribution in [0.5, 0.6) is 0 Å². The van der Waals surface area contributed by atoms with Crippen molar-refractivity contribution in [3.63, 3.8) is 0 Å². The average Bonchev–Trinajstić information content (AvgIpc) is 3.23. The fourth-order valence-corrected chi connectivity index (χ4v) is 5.00. The van der Waals surface area contributed by atoms with Crippen molar-refractivity contribution in [1.82, 2.24) is 10.2 Å². The zero-order valence-corrected chi connectivity index (χ0v) is 24.6. The minimum atomic E-state index is -0.653. The van der Waals surface area contributed by atoms with Gasteiger partial charge in [-0.25, -0.2) is 4.39 Å². The minimum absolute atomic E-state index is 0.174. The van der Waals surface area contributed by atoms with Gasteiger partial charge in [0.15, 0.2) is 0 Å². The summed E-state index contributed by atoms with van der Waals surface area (Å²) in [6.07, 6.45) is 2.61. The molecular weight excluding hydrogens is 519 g/mol. The van der Waals surface area contributed by atoms with Gasteiger partial charge in [0.05, 0.1) is 5.71 Å². The van der Waals surface area contributed by atoms with Gasteiger partial charge < -0.3 is 4.90 Å². The molecule has 2 aromatic carbocycles. The van der Waals surface area contributed by atoms with Crippen LogP contribution in [0.2, 0.25) is 0 Å². The number of allylic oxidation sites excluding steroid dienone is 2. The summed E-state index contributed by atoms with van der Waals surface area (Å²) in [5, 5.41) is 3.26. The summed E-state index contributed by atoms with van der Waals surface area (Å²) in [5.41, 5.74) is 5.59. The Morgan fingerprint density at radius 2 is 1.82 bits per heavy atom. The number of fused-ring (bicyclic) bond motifs is 1. The van der Waals surface area contributed by atoms with Gasteiger partial charge in [0.25, 0.3) is 5.91 Å². The first-order valence-corrected chi connectivity index (χ1v) is 14.1. The molecule has 202 valence electrons. The number of amides is 3. The van der Waals surface area contributed by atoms with Crippen molar-refractivity contribution < 1.29 is 18.8 Å². The van der Waals surface area contributed by atoms with Crippen LogP contribution in [0.4, 0.5) is 4.39 Å². The number of rotatable bonds is 6. The number of hydrogen-bond acceptors (Lipinski definition) is 4. The quantitative estimate of drug-likeness (QED) is 0.328. The molecule has 9 heteroatoms. The number of aliphatic imine (C=N–C) groups is 1. The summed E-state index contributed by atoms with van der Waals surface area (Å²) >= 11 is 0. The number of nitrogens with zero attached hydrogens (tertiary/aromatic N) is 2. The summed E-state index contributed by atoms with van der Waals surface area (Å²) in [6, 6.07) is 13.4. The molecule has 1 fully saturated rings. The van der Waals surface area contributed by atoms with E-state index >= 15 is 0 Å². The van der Waals surface area contributed by atoms with E-state index in [1.165, 1.54) is 12.5 Å². The van der Waals surface area contributed by atoms with Gasteiger partial charge in [0.2, 0.25) is 11.8 Å². The molecule has 4 rings (SSSR count). The maximum atomic E-state index is 13.1. The lowest BCUT2D eigenvalue weighted by atomic mass is 9.92.